The second-order valence-corrected chi connectivity index (χ2v) is 5.71. The van der Waals surface area contributed by atoms with Crippen molar-refractivity contribution in [3.05, 3.63) is 29.8 Å². The van der Waals surface area contributed by atoms with Gasteiger partial charge in [0.25, 0.3) is 0 Å². The fourth-order valence-corrected chi connectivity index (χ4v) is 2.69. The van der Waals surface area contributed by atoms with Crippen LogP contribution in [0.5, 0.6) is 5.75 Å². The molecule has 0 aromatic heterocycles. The van der Waals surface area contributed by atoms with E-state index in [0.29, 0.717) is 5.25 Å². The van der Waals surface area contributed by atoms with E-state index >= 15 is 0 Å². The molecule has 1 rings (SSSR count). The standard InChI is InChI=1S/C14H23NO2S/c1-11(18-10-4-9-16-2)14(15)12-5-7-13(17-3)8-6-12/h5-8,11,14H,4,9-10,15H2,1-3H3. The van der Waals surface area contributed by atoms with E-state index in [0.717, 1.165) is 30.1 Å². The lowest BCUT2D eigenvalue weighted by Crippen LogP contribution is -2.21. The van der Waals surface area contributed by atoms with Crippen LogP contribution in [0.4, 0.5) is 0 Å². The number of hydrogen-bond donors (Lipinski definition) is 1. The van der Waals surface area contributed by atoms with Gasteiger partial charge in [-0.2, -0.15) is 11.8 Å². The third kappa shape index (κ3) is 4.88. The lowest BCUT2D eigenvalue weighted by molar-refractivity contribution is 0.200. The average molecular weight is 269 g/mol. The predicted molar refractivity (Wildman–Crippen MR) is 78.3 cm³/mol. The van der Waals surface area contributed by atoms with Crippen molar-refractivity contribution >= 4 is 11.8 Å². The quantitative estimate of drug-likeness (QED) is 0.737. The Morgan fingerprint density at radius 1 is 1.22 bits per heavy atom. The Hall–Kier alpha value is -0.710. The van der Waals surface area contributed by atoms with Crippen LogP contribution in [0.2, 0.25) is 0 Å². The summed E-state index contributed by atoms with van der Waals surface area (Å²) >= 11 is 1.89. The molecule has 1 aromatic rings. The van der Waals surface area contributed by atoms with Gasteiger partial charge in [-0.15, -0.1) is 0 Å². The van der Waals surface area contributed by atoms with Gasteiger partial charge in [-0.3, -0.25) is 0 Å². The Kier molecular flexibility index (Phi) is 7.16. The molecule has 18 heavy (non-hydrogen) atoms. The number of nitrogens with two attached hydrogens (primary N) is 1. The maximum absolute atomic E-state index is 6.25. The molecule has 102 valence electrons. The molecule has 0 saturated carbocycles. The molecule has 2 unspecified atom stereocenters. The molecule has 0 aliphatic heterocycles. The van der Waals surface area contributed by atoms with Gasteiger partial charge in [0, 0.05) is 25.0 Å². The number of ether oxygens (including phenoxy) is 2. The first-order chi connectivity index (χ1) is 8.69. The fraction of sp³-hybridized carbons (Fsp3) is 0.571. The van der Waals surface area contributed by atoms with Crippen molar-refractivity contribution in [3.63, 3.8) is 0 Å². The van der Waals surface area contributed by atoms with Gasteiger partial charge < -0.3 is 15.2 Å². The normalized spacial score (nSPS) is 14.2. The maximum Gasteiger partial charge on any atom is 0.118 e. The highest BCUT2D eigenvalue weighted by Gasteiger charge is 2.15. The summed E-state index contributed by atoms with van der Waals surface area (Å²) in [6, 6.07) is 8.05. The third-order valence-electron chi connectivity index (χ3n) is 2.88. The Balaban J connectivity index is 2.43. The largest absolute Gasteiger partial charge is 0.497 e. The molecule has 0 amide bonds. The molecule has 2 N–H and O–H groups in total. The number of hydrogen-bond acceptors (Lipinski definition) is 4. The molecule has 0 saturated heterocycles. The number of benzene rings is 1. The second-order valence-electron chi connectivity index (χ2n) is 4.22. The van der Waals surface area contributed by atoms with Crippen LogP contribution in [-0.2, 0) is 4.74 Å². The lowest BCUT2D eigenvalue weighted by atomic mass is 10.1. The van der Waals surface area contributed by atoms with Gasteiger partial charge in [-0.1, -0.05) is 19.1 Å². The number of rotatable bonds is 8. The van der Waals surface area contributed by atoms with Crippen LogP contribution >= 0.6 is 11.8 Å². The molecular weight excluding hydrogens is 246 g/mol. The van der Waals surface area contributed by atoms with Crippen LogP contribution in [0.15, 0.2) is 24.3 Å². The van der Waals surface area contributed by atoms with E-state index in [1.165, 1.54) is 0 Å². The highest BCUT2D eigenvalue weighted by Crippen LogP contribution is 2.26. The van der Waals surface area contributed by atoms with E-state index in [1.54, 1.807) is 14.2 Å². The first-order valence-corrected chi connectivity index (χ1v) is 7.24. The highest BCUT2D eigenvalue weighted by molar-refractivity contribution is 7.99. The summed E-state index contributed by atoms with van der Waals surface area (Å²) in [5, 5.41) is 0.398. The van der Waals surface area contributed by atoms with Crippen LogP contribution in [0, 0.1) is 0 Å². The Morgan fingerprint density at radius 3 is 2.44 bits per heavy atom. The third-order valence-corrected chi connectivity index (χ3v) is 4.22. The minimum absolute atomic E-state index is 0.0588. The van der Waals surface area contributed by atoms with Crippen molar-refractivity contribution in [2.24, 2.45) is 5.73 Å². The van der Waals surface area contributed by atoms with E-state index in [2.05, 4.69) is 6.92 Å². The fourth-order valence-electron chi connectivity index (χ4n) is 1.67. The zero-order valence-electron chi connectivity index (χ0n) is 11.4. The van der Waals surface area contributed by atoms with Gasteiger partial charge in [0.1, 0.15) is 5.75 Å². The van der Waals surface area contributed by atoms with Gasteiger partial charge in [0.15, 0.2) is 0 Å². The number of methoxy groups -OCH3 is 2. The van der Waals surface area contributed by atoms with Crippen LogP contribution in [0.25, 0.3) is 0 Å². The summed E-state index contributed by atoms with van der Waals surface area (Å²) in [6.07, 6.45) is 1.07. The van der Waals surface area contributed by atoms with Crippen molar-refractivity contribution in [1.82, 2.24) is 0 Å². The first-order valence-electron chi connectivity index (χ1n) is 6.19. The van der Waals surface area contributed by atoms with Crippen LogP contribution in [0.1, 0.15) is 24.9 Å². The minimum atomic E-state index is 0.0588. The summed E-state index contributed by atoms with van der Waals surface area (Å²) in [6.45, 7) is 2.99. The molecule has 0 radical (unpaired) electrons. The first kappa shape index (κ1) is 15.3. The zero-order chi connectivity index (χ0) is 13.4. The summed E-state index contributed by atoms with van der Waals surface area (Å²) in [7, 11) is 3.40. The predicted octanol–water partition coefficient (Wildman–Crippen LogP) is 2.85. The van der Waals surface area contributed by atoms with Crippen molar-refractivity contribution in [1.29, 1.82) is 0 Å². The second kappa shape index (κ2) is 8.40. The van der Waals surface area contributed by atoms with E-state index in [1.807, 2.05) is 36.0 Å². The summed E-state index contributed by atoms with van der Waals surface area (Å²) in [5.74, 6) is 1.95. The highest BCUT2D eigenvalue weighted by atomic mass is 32.2. The molecule has 3 nitrogen and oxygen atoms in total. The van der Waals surface area contributed by atoms with Gasteiger partial charge in [0.05, 0.1) is 7.11 Å². The van der Waals surface area contributed by atoms with Crippen LogP contribution in [0.3, 0.4) is 0 Å². The molecule has 0 heterocycles. The van der Waals surface area contributed by atoms with Crippen molar-refractivity contribution in [2.45, 2.75) is 24.6 Å². The molecule has 0 aliphatic rings. The lowest BCUT2D eigenvalue weighted by Gasteiger charge is -2.20. The topological polar surface area (TPSA) is 44.5 Å². The van der Waals surface area contributed by atoms with E-state index in [4.69, 9.17) is 15.2 Å². The van der Waals surface area contributed by atoms with Crippen LogP contribution in [-0.4, -0.2) is 31.8 Å². The number of thioether (sulfide) groups is 1. The molecule has 0 aliphatic carbocycles. The van der Waals surface area contributed by atoms with E-state index < -0.39 is 0 Å². The van der Waals surface area contributed by atoms with Crippen molar-refractivity contribution in [2.75, 3.05) is 26.6 Å². The Bertz CT molecular complexity index is 329. The summed E-state index contributed by atoms with van der Waals surface area (Å²) < 4.78 is 10.2. The van der Waals surface area contributed by atoms with Crippen LogP contribution < -0.4 is 10.5 Å². The Morgan fingerprint density at radius 2 is 1.89 bits per heavy atom. The minimum Gasteiger partial charge on any atom is -0.497 e. The molecule has 4 heteroatoms. The molecule has 0 spiro atoms. The Labute approximate surface area is 114 Å². The van der Waals surface area contributed by atoms with Gasteiger partial charge in [0.2, 0.25) is 0 Å². The molecule has 2 atom stereocenters. The zero-order valence-corrected chi connectivity index (χ0v) is 12.2. The summed E-state index contributed by atoms with van der Waals surface area (Å²) in [5.41, 5.74) is 7.41. The van der Waals surface area contributed by atoms with E-state index in [9.17, 15) is 0 Å². The van der Waals surface area contributed by atoms with Crippen molar-refractivity contribution in [3.8, 4) is 5.75 Å². The smallest absolute Gasteiger partial charge is 0.118 e. The van der Waals surface area contributed by atoms with E-state index in [-0.39, 0.29) is 6.04 Å². The SMILES string of the molecule is COCCCSC(C)C(N)c1ccc(OC)cc1. The molecule has 0 fully saturated rings. The molecular formula is C14H23NO2S. The van der Waals surface area contributed by atoms with Gasteiger partial charge >= 0.3 is 0 Å². The molecule has 0 bridgehead atoms. The van der Waals surface area contributed by atoms with Gasteiger partial charge in [-0.25, -0.2) is 0 Å². The van der Waals surface area contributed by atoms with Gasteiger partial charge in [-0.05, 0) is 29.9 Å². The maximum atomic E-state index is 6.25. The van der Waals surface area contributed by atoms with Crippen molar-refractivity contribution < 1.29 is 9.47 Å². The molecule has 1 aromatic carbocycles. The monoisotopic (exact) mass is 269 g/mol. The summed E-state index contributed by atoms with van der Waals surface area (Å²) in [4.78, 5) is 0. The average Bonchev–Trinajstić information content (AvgIpc) is 2.42.